The molecule has 1 aromatic rings. The quantitative estimate of drug-likeness (QED) is 0.694. The van der Waals surface area contributed by atoms with E-state index in [1.165, 1.54) is 13.1 Å². The molecule has 3 rings (SSSR count). The topological polar surface area (TPSA) is 95.9 Å². The lowest BCUT2D eigenvalue weighted by Gasteiger charge is -2.28. The van der Waals surface area contributed by atoms with Gasteiger partial charge in [0.2, 0.25) is 5.91 Å². The molecule has 25 heavy (non-hydrogen) atoms. The van der Waals surface area contributed by atoms with Gasteiger partial charge in [-0.25, -0.2) is 8.42 Å². The van der Waals surface area contributed by atoms with E-state index in [1.54, 1.807) is 11.0 Å². The molecule has 0 spiro atoms. The minimum atomic E-state index is -3.85. The van der Waals surface area contributed by atoms with Crippen LogP contribution in [-0.4, -0.2) is 86.7 Å². The number of anilines is 1. The van der Waals surface area contributed by atoms with Crippen molar-refractivity contribution < 1.29 is 17.9 Å². The Kier molecular flexibility index (Phi) is 5.50. The Morgan fingerprint density at radius 3 is 2.44 bits per heavy atom. The van der Waals surface area contributed by atoms with E-state index in [0.29, 0.717) is 32.1 Å². The molecule has 0 radical (unpaired) electrons. The number of likely N-dealkylation sites (N-methyl/N-ethyl adjacent to an activating group) is 1. The molecule has 0 bridgehead atoms. The molecule has 3 heterocycles. The van der Waals surface area contributed by atoms with Gasteiger partial charge in [0.25, 0.3) is 10.0 Å². The van der Waals surface area contributed by atoms with E-state index >= 15 is 0 Å². The maximum absolute atomic E-state index is 12.6. The van der Waals surface area contributed by atoms with E-state index in [4.69, 9.17) is 4.74 Å². The number of hydrogen-bond acceptors (Lipinski definition) is 7. The summed E-state index contributed by atoms with van der Waals surface area (Å²) < 4.78 is 31.4. The highest BCUT2D eigenvalue weighted by molar-refractivity contribution is 7.89. The second-order valence-electron chi connectivity index (χ2n) is 6.18. The Morgan fingerprint density at radius 1 is 1.16 bits per heavy atom. The molecule has 2 fully saturated rings. The van der Waals surface area contributed by atoms with Gasteiger partial charge in [-0.2, -0.15) is 4.31 Å². The Morgan fingerprint density at radius 2 is 1.84 bits per heavy atom. The van der Waals surface area contributed by atoms with Crippen molar-refractivity contribution in [2.45, 2.75) is 17.9 Å². The molecule has 0 N–H and O–H groups in total. The molecule has 1 amide bonds. The lowest BCUT2D eigenvalue weighted by Crippen LogP contribution is -2.46. The molecule has 2 aliphatic heterocycles. The number of sulfonamides is 1. The van der Waals surface area contributed by atoms with Gasteiger partial charge in [-0.3, -0.25) is 4.79 Å². The van der Waals surface area contributed by atoms with Crippen molar-refractivity contribution in [3.8, 4) is 0 Å². The number of carbonyl (C=O) groups excluding carboxylic acids is 1. The normalized spacial score (nSPS) is 18.8. The van der Waals surface area contributed by atoms with Crippen molar-refractivity contribution in [2.24, 2.45) is 0 Å². The smallest absolute Gasteiger partial charge is 0.262 e. The van der Waals surface area contributed by atoms with Crippen LogP contribution in [0, 0.1) is 0 Å². The van der Waals surface area contributed by atoms with Gasteiger partial charge in [-0.05, 0) is 25.0 Å². The molecule has 0 unspecified atom stereocenters. The van der Waals surface area contributed by atoms with Crippen LogP contribution in [0.15, 0.2) is 17.2 Å². The third-order valence-electron chi connectivity index (χ3n) is 4.45. The predicted octanol–water partition coefficient (Wildman–Crippen LogP) is -0.444. The molecule has 0 aliphatic carbocycles. The number of morpholine rings is 1. The molecule has 2 saturated heterocycles. The Bertz CT molecular complexity index is 697. The molecule has 138 valence electrons. The number of hydrogen-bond donors (Lipinski definition) is 0. The van der Waals surface area contributed by atoms with Crippen molar-refractivity contribution in [3.05, 3.63) is 12.1 Å². The van der Waals surface area contributed by atoms with Crippen LogP contribution < -0.4 is 4.90 Å². The molecule has 9 nitrogen and oxygen atoms in total. The van der Waals surface area contributed by atoms with Gasteiger partial charge in [0.1, 0.15) is 0 Å². The van der Waals surface area contributed by atoms with Crippen LogP contribution in [-0.2, 0) is 19.6 Å². The lowest BCUT2D eigenvalue weighted by atomic mass is 10.4. The number of amides is 1. The first kappa shape index (κ1) is 18.0. The van der Waals surface area contributed by atoms with Gasteiger partial charge in [-0.15, -0.1) is 10.2 Å². The number of ether oxygens (including phenoxy) is 1. The summed E-state index contributed by atoms with van der Waals surface area (Å²) in [5.41, 5.74) is 0. The van der Waals surface area contributed by atoms with Crippen molar-refractivity contribution in [1.82, 2.24) is 19.4 Å². The first-order valence-corrected chi connectivity index (χ1v) is 9.83. The summed E-state index contributed by atoms with van der Waals surface area (Å²) in [6, 6.07) is 3.12. The predicted molar refractivity (Wildman–Crippen MR) is 90.7 cm³/mol. The van der Waals surface area contributed by atoms with Crippen molar-refractivity contribution in [3.63, 3.8) is 0 Å². The van der Waals surface area contributed by atoms with Crippen LogP contribution in [0.25, 0.3) is 0 Å². The highest BCUT2D eigenvalue weighted by Crippen LogP contribution is 2.19. The van der Waals surface area contributed by atoms with Gasteiger partial charge >= 0.3 is 0 Å². The Hall–Kier alpha value is -1.78. The molecule has 2 aliphatic rings. The Balaban J connectivity index is 1.66. The summed E-state index contributed by atoms with van der Waals surface area (Å²) >= 11 is 0. The molecule has 0 atom stereocenters. The Labute approximate surface area is 147 Å². The zero-order valence-electron chi connectivity index (χ0n) is 14.3. The van der Waals surface area contributed by atoms with E-state index in [-0.39, 0.29) is 17.5 Å². The van der Waals surface area contributed by atoms with Crippen LogP contribution in [0.4, 0.5) is 5.82 Å². The molecular weight excluding hydrogens is 346 g/mol. The highest BCUT2D eigenvalue weighted by Gasteiger charge is 2.27. The summed E-state index contributed by atoms with van der Waals surface area (Å²) in [4.78, 5) is 15.9. The maximum atomic E-state index is 12.6. The lowest BCUT2D eigenvalue weighted by molar-refractivity contribution is -0.135. The summed E-state index contributed by atoms with van der Waals surface area (Å²) in [6.45, 7) is 3.52. The van der Waals surface area contributed by atoms with E-state index in [9.17, 15) is 13.2 Å². The molecular formula is C15H23N5O4S. The fraction of sp³-hybridized carbons (Fsp3) is 0.667. The number of carbonyl (C=O) groups is 1. The van der Waals surface area contributed by atoms with E-state index < -0.39 is 10.0 Å². The van der Waals surface area contributed by atoms with E-state index in [1.807, 2.05) is 0 Å². The third-order valence-corrected chi connectivity index (χ3v) is 6.15. The minimum absolute atomic E-state index is 0.146. The molecule has 0 saturated carbocycles. The van der Waals surface area contributed by atoms with Crippen LogP contribution in [0.5, 0.6) is 0 Å². The first-order chi connectivity index (χ1) is 12.0. The zero-order chi connectivity index (χ0) is 17.9. The summed E-state index contributed by atoms with van der Waals surface area (Å²) in [5, 5.41) is 7.76. The van der Waals surface area contributed by atoms with Crippen molar-refractivity contribution in [1.29, 1.82) is 0 Å². The van der Waals surface area contributed by atoms with E-state index in [2.05, 4.69) is 15.1 Å². The standard InChI is InChI=1S/C15H23N5O4S/c1-18(12-15(21)20-8-10-24-11-9-20)25(22,23)14-5-4-13(16-17-14)19-6-2-3-7-19/h4-5H,2-3,6-12H2,1H3. The molecule has 1 aromatic heterocycles. The van der Waals surface area contributed by atoms with Gasteiger partial charge in [0.15, 0.2) is 10.8 Å². The van der Waals surface area contributed by atoms with Crippen LogP contribution >= 0.6 is 0 Å². The van der Waals surface area contributed by atoms with Gasteiger partial charge in [-0.1, -0.05) is 0 Å². The van der Waals surface area contributed by atoms with Gasteiger partial charge in [0, 0.05) is 33.2 Å². The number of rotatable bonds is 5. The van der Waals surface area contributed by atoms with Crippen LogP contribution in [0.3, 0.4) is 0 Å². The maximum Gasteiger partial charge on any atom is 0.262 e. The fourth-order valence-electron chi connectivity index (χ4n) is 2.91. The second kappa shape index (κ2) is 7.63. The third kappa shape index (κ3) is 4.07. The summed E-state index contributed by atoms with van der Waals surface area (Å²) in [6.07, 6.45) is 2.21. The molecule has 10 heteroatoms. The average molecular weight is 369 g/mol. The number of aromatic nitrogens is 2. The largest absolute Gasteiger partial charge is 0.378 e. The van der Waals surface area contributed by atoms with Crippen molar-refractivity contribution in [2.75, 3.05) is 57.9 Å². The van der Waals surface area contributed by atoms with Gasteiger partial charge < -0.3 is 14.5 Å². The first-order valence-electron chi connectivity index (χ1n) is 8.39. The highest BCUT2D eigenvalue weighted by atomic mass is 32.2. The fourth-order valence-corrected chi connectivity index (χ4v) is 3.90. The molecule has 0 aromatic carbocycles. The van der Waals surface area contributed by atoms with Crippen LogP contribution in [0.1, 0.15) is 12.8 Å². The van der Waals surface area contributed by atoms with Gasteiger partial charge in [0.05, 0.1) is 19.8 Å². The zero-order valence-corrected chi connectivity index (χ0v) is 15.1. The van der Waals surface area contributed by atoms with Crippen LogP contribution in [0.2, 0.25) is 0 Å². The summed E-state index contributed by atoms with van der Waals surface area (Å²) in [7, 11) is -2.47. The van der Waals surface area contributed by atoms with Crippen molar-refractivity contribution >= 4 is 21.7 Å². The summed E-state index contributed by atoms with van der Waals surface area (Å²) in [5.74, 6) is 0.444. The number of nitrogens with zero attached hydrogens (tertiary/aromatic N) is 5. The SMILES string of the molecule is CN(CC(=O)N1CCOCC1)S(=O)(=O)c1ccc(N2CCCC2)nn1. The van der Waals surface area contributed by atoms with E-state index in [0.717, 1.165) is 30.2 Å². The average Bonchev–Trinajstić information content (AvgIpc) is 3.17. The second-order valence-corrected chi connectivity index (χ2v) is 8.17. The monoisotopic (exact) mass is 369 g/mol. The minimum Gasteiger partial charge on any atom is -0.378 e.